The molecule has 3 aromatic rings. The van der Waals surface area contributed by atoms with Crippen molar-refractivity contribution in [3.05, 3.63) is 71.6 Å². The summed E-state index contributed by atoms with van der Waals surface area (Å²) >= 11 is 6.18. The van der Waals surface area contributed by atoms with Gasteiger partial charge in [0.05, 0.1) is 5.69 Å². The van der Waals surface area contributed by atoms with Crippen molar-refractivity contribution in [3.8, 4) is 22.4 Å². The molecule has 24 heavy (non-hydrogen) atoms. The van der Waals surface area contributed by atoms with E-state index in [0.29, 0.717) is 16.7 Å². The second-order valence-electron chi connectivity index (χ2n) is 5.13. The fourth-order valence-electron chi connectivity index (χ4n) is 2.32. The minimum Gasteiger partial charge on any atom is -0.244 e. The smallest absolute Gasteiger partial charge is 0.244 e. The molecule has 0 saturated carbocycles. The van der Waals surface area contributed by atoms with Gasteiger partial charge in [0.2, 0.25) is 5.82 Å². The molecule has 0 saturated heterocycles. The summed E-state index contributed by atoms with van der Waals surface area (Å²) in [6.45, 7) is -1.89. The fourth-order valence-corrected chi connectivity index (χ4v) is 2.60. The molecule has 0 spiro atoms. The maximum absolute atomic E-state index is 13.7. The van der Waals surface area contributed by atoms with Crippen LogP contribution >= 0.6 is 11.6 Å². The lowest BCUT2D eigenvalue weighted by atomic mass is 10.0. The Kier molecular flexibility index (Phi) is 4.53. The molecule has 2 aromatic carbocycles. The number of alkyl halides is 3. The molecule has 0 aliphatic rings. The normalized spacial score (nSPS) is 11.5. The van der Waals surface area contributed by atoms with E-state index in [9.17, 15) is 13.2 Å². The first-order valence-corrected chi connectivity index (χ1v) is 7.53. The van der Waals surface area contributed by atoms with Crippen LogP contribution in [0.5, 0.6) is 0 Å². The summed E-state index contributed by atoms with van der Waals surface area (Å²) in [5.74, 6) is -4.71. The molecule has 122 valence electrons. The van der Waals surface area contributed by atoms with Gasteiger partial charge in [-0.3, -0.25) is 0 Å². The Bertz CT molecular complexity index is 840. The average molecular weight is 349 g/mol. The Morgan fingerprint density at radius 1 is 0.833 bits per heavy atom. The van der Waals surface area contributed by atoms with Crippen LogP contribution in [0, 0.1) is 0 Å². The third-order valence-electron chi connectivity index (χ3n) is 3.47. The van der Waals surface area contributed by atoms with E-state index in [2.05, 4.69) is 9.97 Å². The van der Waals surface area contributed by atoms with Crippen molar-refractivity contribution in [1.82, 2.24) is 9.97 Å². The SMILES string of the molecule is FCC(F)(F)c1nc(Cl)c(-c2ccccc2)c(-c2ccccc2)n1. The Morgan fingerprint density at radius 3 is 1.92 bits per heavy atom. The second-order valence-corrected chi connectivity index (χ2v) is 5.49. The quantitative estimate of drug-likeness (QED) is 0.580. The molecule has 0 unspecified atom stereocenters. The molecule has 3 rings (SSSR count). The molecule has 2 nitrogen and oxygen atoms in total. The van der Waals surface area contributed by atoms with Gasteiger partial charge < -0.3 is 0 Å². The minimum absolute atomic E-state index is 0.141. The second kappa shape index (κ2) is 6.61. The van der Waals surface area contributed by atoms with Gasteiger partial charge in [0.15, 0.2) is 6.67 Å². The summed E-state index contributed by atoms with van der Waals surface area (Å²) in [5.41, 5.74) is 1.96. The standard InChI is InChI=1S/C18H12ClF3N2/c19-16-14(12-7-3-1-4-8-12)15(13-9-5-2-6-10-13)23-17(24-16)18(21,22)11-20/h1-10H,11H2. The third-order valence-corrected chi connectivity index (χ3v) is 3.74. The van der Waals surface area contributed by atoms with Crippen LogP contribution in [0.4, 0.5) is 13.2 Å². The first-order valence-electron chi connectivity index (χ1n) is 7.15. The van der Waals surface area contributed by atoms with E-state index in [1.54, 1.807) is 54.6 Å². The topological polar surface area (TPSA) is 25.8 Å². The van der Waals surface area contributed by atoms with Crippen LogP contribution in [0.2, 0.25) is 5.15 Å². The van der Waals surface area contributed by atoms with Crippen molar-refractivity contribution in [2.75, 3.05) is 6.67 Å². The highest BCUT2D eigenvalue weighted by molar-refractivity contribution is 6.32. The predicted molar refractivity (Wildman–Crippen MR) is 87.8 cm³/mol. The van der Waals surface area contributed by atoms with Crippen LogP contribution in [0.1, 0.15) is 5.82 Å². The van der Waals surface area contributed by atoms with E-state index >= 15 is 0 Å². The summed E-state index contributed by atoms with van der Waals surface area (Å²) in [7, 11) is 0. The van der Waals surface area contributed by atoms with Gasteiger partial charge in [-0.15, -0.1) is 0 Å². The number of hydrogen-bond donors (Lipinski definition) is 0. The molecule has 0 aliphatic carbocycles. The van der Waals surface area contributed by atoms with Crippen LogP contribution in [-0.2, 0) is 5.92 Å². The minimum atomic E-state index is -3.79. The summed E-state index contributed by atoms with van der Waals surface area (Å²) in [5, 5.41) is -0.141. The number of nitrogens with zero attached hydrogens (tertiary/aromatic N) is 2. The Hall–Kier alpha value is -2.40. The van der Waals surface area contributed by atoms with Gasteiger partial charge in [-0.05, 0) is 5.56 Å². The van der Waals surface area contributed by atoms with Crippen LogP contribution in [-0.4, -0.2) is 16.6 Å². The number of rotatable bonds is 4. The summed E-state index contributed by atoms with van der Waals surface area (Å²) < 4.78 is 40.1. The summed E-state index contributed by atoms with van der Waals surface area (Å²) in [6.07, 6.45) is 0. The van der Waals surface area contributed by atoms with Crippen LogP contribution in [0.3, 0.4) is 0 Å². The first-order chi connectivity index (χ1) is 11.5. The molecule has 1 heterocycles. The lowest BCUT2D eigenvalue weighted by Gasteiger charge is -2.16. The maximum Gasteiger partial charge on any atom is 0.334 e. The maximum atomic E-state index is 13.7. The molecule has 0 bridgehead atoms. The van der Waals surface area contributed by atoms with Gasteiger partial charge in [0, 0.05) is 11.1 Å². The van der Waals surface area contributed by atoms with E-state index in [-0.39, 0.29) is 10.8 Å². The van der Waals surface area contributed by atoms with Gasteiger partial charge >= 0.3 is 5.92 Å². The highest BCUT2D eigenvalue weighted by atomic mass is 35.5. The van der Waals surface area contributed by atoms with Crippen LogP contribution in [0.15, 0.2) is 60.7 Å². The molecular weight excluding hydrogens is 337 g/mol. The van der Waals surface area contributed by atoms with Crippen molar-refractivity contribution >= 4 is 11.6 Å². The summed E-state index contributed by atoms with van der Waals surface area (Å²) in [6, 6.07) is 17.7. The number of aromatic nitrogens is 2. The lowest BCUT2D eigenvalue weighted by Crippen LogP contribution is -2.20. The number of hydrogen-bond acceptors (Lipinski definition) is 2. The number of benzene rings is 2. The van der Waals surface area contributed by atoms with Gasteiger partial charge in [-0.2, -0.15) is 8.78 Å². The molecule has 0 fully saturated rings. The largest absolute Gasteiger partial charge is 0.334 e. The first kappa shape index (κ1) is 16.5. The van der Waals surface area contributed by atoms with Gasteiger partial charge in [0.1, 0.15) is 5.15 Å². The van der Waals surface area contributed by atoms with Crippen molar-refractivity contribution in [3.63, 3.8) is 0 Å². The van der Waals surface area contributed by atoms with Gasteiger partial charge in [-0.25, -0.2) is 14.4 Å². The van der Waals surface area contributed by atoms with Crippen molar-refractivity contribution in [2.24, 2.45) is 0 Å². The highest BCUT2D eigenvalue weighted by Crippen LogP contribution is 2.38. The zero-order valence-electron chi connectivity index (χ0n) is 12.4. The monoisotopic (exact) mass is 348 g/mol. The molecule has 0 amide bonds. The Morgan fingerprint density at radius 2 is 1.38 bits per heavy atom. The highest BCUT2D eigenvalue weighted by Gasteiger charge is 2.37. The average Bonchev–Trinajstić information content (AvgIpc) is 2.62. The van der Waals surface area contributed by atoms with Crippen molar-refractivity contribution in [2.45, 2.75) is 5.92 Å². The van der Waals surface area contributed by atoms with E-state index in [1.807, 2.05) is 6.07 Å². The third kappa shape index (κ3) is 3.12. The molecule has 0 radical (unpaired) electrons. The molecule has 0 aliphatic heterocycles. The van der Waals surface area contributed by atoms with Crippen molar-refractivity contribution in [1.29, 1.82) is 0 Å². The molecule has 6 heteroatoms. The fraction of sp³-hybridized carbons (Fsp3) is 0.111. The molecular formula is C18H12ClF3N2. The van der Waals surface area contributed by atoms with E-state index < -0.39 is 18.4 Å². The molecule has 0 atom stereocenters. The lowest BCUT2D eigenvalue weighted by molar-refractivity contribution is -0.0364. The van der Waals surface area contributed by atoms with Crippen LogP contribution in [0.25, 0.3) is 22.4 Å². The Balaban J connectivity index is 2.29. The van der Waals surface area contributed by atoms with Gasteiger partial charge in [-0.1, -0.05) is 72.3 Å². The summed E-state index contributed by atoms with van der Waals surface area (Å²) in [4.78, 5) is 7.58. The van der Waals surface area contributed by atoms with E-state index in [4.69, 9.17) is 11.6 Å². The predicted octanol–water partition coefficient (Wildman–Crippen LogP) is 5.53. The Labute approximate surface area is 142 Å². The van der Waals surface area contributed by atoms with E-state index in [0.717, 1.165) is 0 Å². The molecule has 1 aromatic heterocycles. The molecule has 0 N–H and O–H groups in total. The number of halogens is 4. The van der Waals surface area contributed by atoms with Crippen molar-refractivity contribution < 1.29 is 13.2 Å². The van der Waals surface area contributed by atoms with Crippen LogP contribution < -0.4 is 0 Å². The zero-order valence-corrected chi connectivity index (χ0v) is 13.1. The zero-order chi connectivity index (χ0) is 17.2. The van der Waals surface area contributed by atoms with Gasteiger partial charge in [0.25, 0.3) is 0 Å². The van der Waals surface area contributed by atoms with E-state index in [1.165, 1.54) is 0 Å².